The van der Waals surface area contributed by atoms with Gasteiger partial charge < -0.3 is 9.84 Å². The Kier molecular flexibility index (Phi) is 3.58. The summed E-state index contributed by atoms with van der Waals surface area (Å²) in [6.45, 7) is 0.357. The lowest BCUT2D eigenvalue weighted by molar-refractivity contribution is -0.385. The molecule has 1 saturated carbocycles. The number of aliphatic hydroxyl groups is 1. The predicted molar refractivity (Wildman–Crippen MR) is 61.9 cm³/mol. The normalized spacial score (nSPS) is 14.6. The van der Waals surface area contributed by atoms with Gasteiger partial charge in [-0.25, -0.2) is 0 Å². The minimum Gasteiger partial charge on any atom is -0.493 e. The maximum Gasteiger partial charge on any atom is 0.270 e. The van der Waals surface area contributed by atoms with Gasteiger partial charge in [-0.05, 0) is 18.4 Å². The fourth-order valence-electron chi connectivity index (χ4n) is 1.69. The summed E-state index contributed by atoms with van der Waals surface area (Å²) in [6.07, 6.45) is 3.56. The van der Waals surface area contributed by atoms with Crippen molar-refractivity contribution in [3.63, 3.8) is 0 Å². The average Bonchev–Trinajstić information content (AvgIpc) is 3.13. The van der Waals surface area contributed by atoms with E-state index in [2.05, 4.69) is 0 Å². The van der Waals surface area contributed by atoms with E-state index >= 15 is 0 Å². The summed E-state index contributed by atoms with van der Waals surface area (Å²) in [5, 5.41) is 19.7. The van der Waals surface area contributed by atoms with E-state index in [4.69, 9.17) is 9.84 Å². The van der Waals surface area contributed by atoms with Gasteiger partial charge in [-0.3, -0.25) is 10.1 Å². The standard InChI is InChI=1S/C12H15NO4/c14-8-10-7-11(13(15)16)3-4-12(10)17-6-5-9-1-2-9/h3-4,7,9,14H,1-2,5-6,8H2. The maximum absolute atomic E-state index is 10.6. The number of hydrogen-bond donors (Lipinski definition) is 1. The summed E-state index contributed by atoms with van der Waals surface area (Å²) in [4.78, 5) is 10.1. The van der Waals surface area contributed by atoms with Crippen LogP contribution < -0.4 is 4.74 Å². The summed E-state index contributed by atoms with van der Waals surface area (Å²) in [6, 6.07) is 4.30. The van der Waals surface area contributed by atoms with Crippen molar-refractivity contribution < 1.29 is 14.8 Å². The Balaban J connectivity index is 2.01. The largest absolute Gasteiger partial charge is 0.493 e. The number of nitro benzene ring substituents is 1. The van der Waals surface area contributed by atoms with Crippen LogP contribution in [-0.2, 0) is 6.61 Å². The smallest absolute Gasteiger partial charge is 0.270 e. The van der Waals surface area contributed by atoms with Crippen LogP contribution in [0.2, 0.25) is 0 Å². The molecule has 5 nitrogen and oxygen atoms in total. The Hall–Kier alpha value is -1.62. The Morgan fingerprint density at radius 2 is 2.24 bits per heavy atom. The van der Waals surface area contributed by atoms with Crippen molar-refractivity contribution in [2.24, 2.45) is 5.92 Å². The van der Waals surface area contributed by atoms with Crippen molar-refractivity contribution in [1.82, 2.24) is 0 Å². The van der Waals surface area contributed by atoms with Crippen LogP contribution in [-0.4, -0.2) is 16.6 Å². The highest BCUT2D eigenvalue weighted by molar-refractivity contribution is 5.43. The number of rotatable bonds is 6. The molecule has 0 atom stereocenters. The lowest BCUT2D eigenvalue weighted by Crippen LogP contribution is -2.02. The van der Waals surface area contributed by atoms with Crippen molar-refractivity contribution >= 4 is 5.69 Å². The molecule has 0 saturated heterocycles. The molecule has 5 heteroatoms. The van der Waals surface area contributed by atoms with E-state index in [-0.39, 0.29) is 12.3 Å². The highest BCUT2D eigenvalue weighted by Gasteiger charge is 2.21. The number of non-ortho nitro benzene ring substituents is 1. The van der Waals surface area contributed by atoms with Crippen molar-refractivity contribution in [2.75, 3.05) is 6.61 Å². The van der Waals surface area contributed by atoms with E-state index in [1.54, 1.807) is 6.07 Å². The quantitative estimate of drug-likeness (QED) is 0.608. The zero-order valence-corrected chi connectivity index (χ0v) is 9.46. The molecule has 1 aliphatic carbocycles. The molecule has 0 spiro atoms. The molecule has 1 aromatic rings. The molecule has 1 aromatic carbocycles. The van der Waals surface area contributed by atoms with Crippen LogP contribution in [0.5, 0.6) is 5.75 Å². The van der Waals surface area contributed by atoms with Gasteiger partial charge >= 0.3 is 0 Å². The third kappa shape index (κ3) is 3.17. The first kappa shape index (κ1) is 11.9. The third-order valence-electron chi connectivity index (χ3n) is 2.91. The van der Waals surface area contributed by atoms with Crippen molar-refractivity contribution in [3.8, 4) is 5.75 Å². The number of ether oxygens (including phenoxy) is 1. The van der Waals surface area contributed by atoms with E-state index in [1.165, 1.54) is 25.0 Å². The lowest BCUT2D eigenvalue weighted by Gasteiger charge is -2.09. The van der Waals surface area contributed by atoms with Gasteiger partial charge in [0.25, 0.3) is 5.69 Å². The Morgan fingerprint density at radius 1 is 1.47 bits per heavy atom. The third-order valence-corrected chi connectivity index (χ3v) is 2.91. The highest BCUT2D eigenvalue weighted by atomic mass is 16.6. The minimum atomic E-state index is -0.479. The van der Waals surface area contributed by atoms with E-state index in [0.29, 0.717) is 17.9 Å². The zero-order valence-electron chi connectivity index (χ0n) is 9.46. The van der Waals surface area contributed by atoms with Crippen LogP contribution in [0.15, 0.2) is 18.2 Å². The topological polar surface area (TPSA) is 72.6 Å². The molecule has 92 valence electrons. The van der Waals surface area contributed by atoms with Crippen LogP contribution in [0, 0.1) is 16.0 Å². The van der Waals surface area contributed by atoms with E-state index in [0.717, 1.165) is 12.3 Å². The molecule has 0 aromatic heterocycles. The lowest BCUT2D eigenvalue weighted by atomic mass is 10.2. The molecular weight excluding hydrogens is 222 g/mol. The monoisotopic (exact) mass is 237 g/mol. The summed E-state index contributed by atoms with van der Waals surface area (Å²) in [7, 11) is 0. The fraction of sp³-hybridized carbons (Fsp3) is 0.500. The summed E-state index contributed by atoms with van der Waals surface area (Å²) >= 11 is 0. The number of nitro groups is 1. The summed E-state index contributed by atoms with van der Waals surface area (Å²) in [5.74, 6) is 1.32. The number of hydrogen-bond acceptors (Lipinski definition) is 4. The van der Waals surface area contributed by atoms with Crippen molar-refractivity contribution in [1.29, 1.82) is 0 Å². The van der Waals surface area contributed by atoms with Crippen LogP contribution in [0.1, 0.15) is 24.8 Å². The Bertz CT molecular complexity index is 415. The van der Waals surface area contributed by atoms with Crippen molar-refractivity contribution in [2.45, 2.75) is 25.9 Å². The molecule has 0 aliphatic heterocycles. The van der Waals surface area contributed by atoms with E-state index in [1.807, 2.05) is 0 Å². The zero-order chi connectivity index (χ0) is 12.3. The fourth-order valence-corrected chi connectivity index (χ4v) is 1.69. The molecule has 17 heavy (non-hydrogen) atoms. The van der Waals surface area contributed by atoms with Gasteiger partial charge in [-0.15, -0.1) is 0 Å². The van der Waals surface area contributed by atoms with Crippen molar-refractivity contribution in [3.05, 3.63) is 33.9 Å². The van der Waals surface area contributed by atoms with Crippen LogP contribution in [0.4, 0.5) is 5.69 Å². The maximum atomic E-state index is 10.6. The number of nitrogens with zero attached hydrogens (tertiary/aromatic N) is 1. The first-order valence-electron chi connectivity index (χ1n) is 5.71. The number of aliphatic hydroxyl groups excluding tert-OH is 1. The first-order valence-corrected chi connectivity index (χ1v) is 5.71. The molecule has 2 rings (SSSR count). The van der Waals surface area contributed by atoms with Gasteiger partial charge in [0.1, 0.15) is 5.75 Å². The molecule has 1 N–H and O–H groups in total. The average molecular weight is 237 g/mol. The Morgan fingerprint density at radius 3 is 2.82 bits per heavy atom. The minimum absolute atomic E-state index is 0.0245. The van der Waals surface area contributed by atoms with Gasteiger partial charge in [0, 0.05) is 17.7 Å². The first-order chi connectivity index (χ1) is 8.20. The van der Waals surface area contributed by atoms with E-state index in [9.17, 15) is 10.1 Å². The second kappa shape index (κ2) is 5.14. The molecule has 1 fully saturated rings. The molecule has 0 amide bonds. The van der Waals surface area contributed by atoms with Crippen LogP contribution in [0.3, 0.4) is 0 Å². The SMILES string of the molecule is O=[N+]([O-])c1ccc(OCCC2CC2)c(CO)c1. The van der Waals surface area contributed by atoms with Gasteiger partial charge in [-0.1, -0.05) is 12.8 Å². The summed E-state index contributed by atoms with van der Waals surface area (Å²) in [5.41, 5.74) is 0.443. The van der Waals surface area contributed by atoms with Gasteiger partial charge in [0.2, 0.25) is 0 Å². The van der Waals surface area contributed by atoms with Gasteiger partial charge in [0.15, 0.2) is 0 Å². The molecule has 0 bridgehead atoms. The molecule has 0 heterocycles. The molecule has 0 radical (unpaired) electrons. The highest BCUT2D eigenvalue weighted by Crippen LogP contribution is 2.32. The molecular formula is C12H15NO4. The summed E-state index contributed by atoms with van der Waals surface area (Å²) < 4.78 is 5.53. The van der Waals surface area contributed by atoms with Gasteiger partial charge in [-0.2, -0.15) is 0 Å². The predicted octanol–water partition coefficient (Wildman–Crippen LogP) is 2.27. The molecule has 0 unspecified atom stereocenters. The number of benzene rings is 1. The van der Waals surface area contributed by atoms with E-state index < -0.39 is 4.92 Å². The second-order valence-electron chi connectivity index (χ2n) is 4.29. The van der Waals surface area contributed by atoms with Crippen LogP contribution in [0.25, 0.3) is 0 Å². The van der Waals surface area contributed by atoms with Gasteiger partial charge in [0.05, 0.1) is 18.1 Å². The second-order valence-corrected chi connectivity index (χ2v) is 4.29. The molecule has 1 aliphatic rings. The Labute approximate surface area is 99.2 Å². The van der Waals surface area contributed by atoms with Crippen LogP contribution >= 0.6 is 0 Å².